The van der Waals surface area contributed by atoms with E-state index in [9.17, 15) is 0 Å². The van der Waals surface area contributed by atoms with Crippen molar-refractivity contribution >= 4 is 11.9 Å². The Morgan fingerprint density at radius 3 is 2.83 bits per heavy atom. The van der Waals surface area contributed by atoms with Crippen LogP contribution >= 0.6 is 11.9 Å². The van der Waals surface area contributed by atoms with Crippen molar-refractivity contribution in [3.63, 3.8) is 0 Å². The van der Waals surface area contributed by atoms with Gasteiger partial charge in [0.05, 0.1) is 0 Å². The van der Waals surface area contributed by atoms with Crippen LogP contribution < -0.4 is 4.72 Å². The fourth-order valence-electron chi connectivity index (χ4n) is 0.334. The molecule has 0 aromatic rings. The average Bonchev–Trinajstić information content (AvgIpc) is 1.72. The van der Waals surface area contributed by atoms with E-state index in [-0.39, 0.29) is 0 Å². The van der Waals surface area contributed by atoms with Crippen LogP contribution in [0.4, 0.5) is 0 Å². The quantitative estimate of drug-likeness (QED) is 0.416. The Morgan fingerprint density at radius 2 is 2.67 bits per heavy atom. The summed E-state index contributed by atoms with van der Waals surface area (Å²) in [6.07, 6.45) is 5.12. The Labute approximate surface area is 41.9 Å². The predicted molar refractivity (Wildman–Crippen MR) is 28.3 cm³/mol. The van der Waals surface area contributed by atoms with Crippen LogP contribution in [0.25, 0.3) is 0 Å². The minimum absolute atomic E-state index is 1.16. The van der Waals surface area contributed by atoms with Crippen LogP contribution in [0.2, 0.25) is 0 Å². The molecule has 0 atom stereocenters. The van der Waals surface area contributed by atoms with Gasteiger partial charge in [-0.15, -0.1) is 0 Å². The Bertz CT molecular complexity index is 52.6. The summed E-state index contributed by atoms with van der Waals surface area (Å²) in [5, 5.41) is 0. The van der Waals surface area contributed by atoms with Crippen molar-refractivity contribution in [2.75, 3.05) is 5.75 Å². The van der Waals surface area contributed by atoms with E-state index < -0.39 is 0 Å². The van der Waals surface area contributed by atoms with E-state index in [4.69, 9.17) is 0 Å². The van der Waals surface area contributed by atoms with E-state index in [0.717, 1.165) is 5.75 Å². The molecular formula is C4H6NS. The highest BCUT2D eigenvalue weighted by atomic mass is 32.2. The molecule has 0 fully saturated rings. The summed E-state index contributed by atoms with van der Waals surface area (Å²) in [5.41, 5.74) is 0. The lowest BCUT2D eigenvalue weighted by molar-refractivity contribution is 1.16. The first-order chi connectivity index (χ1) is 3.00. The summed E-state index contributed by atoms with van der Waals surface area (Å²) in [4.78, 5) is 0. The van der Waals surface area contributed by atoms with Crippen molar-refractivity contribution < 1.29 is 0 Å². The maximum Gasteiger partial charge on any atom is 0.0311 e. The molecule has 1 nitrogen and oxygen atoms in total. The largest absolute Gasteiger partial charge is 0.225 e. The first-order valence-electron chi connectivity index (χ1n) is 1.97. The minimum atomic E-state index is 1.16. The second-order valence-electron chi connectivity index (χ2n) is 1.11. The molecule has 0 bridgehead atoms. The van der Waals surface area contributed by atoms with Crippen LogP contribution in [0.1, 0.15) is 6.42 Å². The third kappa shape index (κ3) is 0.937. The third-order valence-corrected chi connectivity index (χ3v) is 1.31. The molecule has 0 unspecified atom stereocenters. The van der Waals surface area contributed by atoms with E-state index in [1.807, 2.05) is 6.20 Å². The Kier molecular flexibility index (Phi) is 1.44. The van der Waals surface area contributed by atoms with E-state index in [2.05, 4.69) is 10.8 Å². The molecule has 1 aliphatic rings. The maximum absolute atomic E-state index is 3.91. The van der Waals surface area contributed by atoms with Gasteiger partial charge in [-0.2, -0.15) is 0 Å². The smallest absolute Gasteiger partial charge is 0.0311 e. The summed E-state index contributed by atoms with van der Waals surface area (Å²) in [6.45, 7) is 0. The second-order valence-corrected chi connectivity index (χ2v) is 1.99. The molecule has 1 rings (SSSR count). The van der Waals surface area contributed by atoms with Gasteiger partial charge in [0.15, 0.2) is 0 Å². The van der Waals surface area contributed by atoms with Crippen LogP contribution in [0.15, 0.2) is 12.3 Å². The average molecular weight is 100 g/mol. The minimum Gasteiger partial charge on any atom is -0.225 e. The number of hydrogen-bond donors (Lipinski definition) is 0. The lowest BCUT2D eigenvalue weighted by Gasteiger charge is -1.97. The summed E-state index contributed by atoms with van der Waals surface area (Å²) in [7, 11) is 0. The summed E-state index contributed by atoms with van der Waals surface area (Å²) in [5.74, 6) is 1.16. The van der Waals surface area contributed by atoms with Crippen LogP contribution in [0, 0.1) is 0 Å². The molecule has 0 saturated carbocycles. The van der Waals surface area contributed by atoms with Crippen molar-refractivity contribution in [3.8, 4) is 0 Å². The van der Waals surface area contributed by atoms with Gasteiger partial charge in [-0.25, -0.2) is 4.72 Å². The van der Waals surface area contributed by atoms with Gasteiger partial charge < -0.3 is 0 Å². The Morgan fingerprint density at radius 1 is 1.67 bits per heavy atom. The zero-order valence-electron chi connectivity index (χ0n) is 3.42. The lowest BCUT2D eigenvalue weighted by Crippen LogP contribution is -1.89. The van der Waals surface area contributed by atoms with Crippen LogP contribution in [-0.2, 0) is 0 Å². The SMILES string of the molecule is C1=C[N]SCC1. The van der Waals surface area contributed by atoms with Crippen LogP contribution in [0.5, 0.6) is 0 Å². The molecule has 1 aliphatic heterocycles. The highest BCUT2D eigenvalue weighted by Crippen LogP contribution is 2.04. The molecule has 6 heavy (non-hydrogen) atoms. The molecule has 0 amide bonds. The molecule has 0 saturated heterocycles. The maximum atomic E-state index is 3.91. The first kappa shape index (κ1) is 4.06. The van der Waals surface area contributed by atoms with Gasteiger partial charge in [-0.3, -0.25) is 0 Å². The van der Waals surface area contributed by atoms with Crippen molar-refractivity contribution in [2.24, 2.45) is 0 Å². The fraction of sp³-hybridized carbons (Fsp3) is 0.500. The van der Waals surface area contributed by atoms with Gasteiger partial charge in [-0.1, -0.05) is 6.08 Å². The van der Waals surface area contributed by atoms with Crippen LogP contribution in [0.3, 0.4) is 0 Å². The van der Waals surface area contributed by atoms with E-state index in [0.29, 0.717) is 0 Å². The third-order valence-electron chi connectivity index (χ3n) is 0.617. The van der Waals surface area contributed by atoms with Gasteiger partial charge in [0.2, 0.25) is 0 Å². The van der Waals surface area contributed by atoms with Crippen molar-refractivity contribution in [1.29, 1.82) is 0 Å². The molecule has 0 aliphatic carbocycles. The number of hydrogen-bond acceptors (Lipinski definition) is 1. The monoisotopic (exact) mass is 100 g/mol. The fourth-order valence-corrected chi connectivity index (χ4v) is 0.853. The zero-order chi connectivity index (χ0) is 4.24. The van der Waals surface area contributed by atoms with Gasteiger partial charge in [0.25, 0.3) is 0 Å². The number of allylic oxidation sites excluding steroid dienone is 1. The molecule has 1 radical (unpaired) electrons. The number of nitrogens with zero attached hydrogens (tertiary/aromatic N) is 1. The standard InChI is InChI=1S/C4H6NS/c1-2-4-6-5-3-1/h1,3H,2,4H2. The van der Waals surface area contributed by atoms with Crippen molar-refractivity contribution in [2.45, 2.75) is 6.42 Å². The first-order valence-corrected chi connectivity index (χ1v) is 2.91. The molecule has 2 heteroatoms. The molecular weight excluding hydrogens is 94.1 g/mol. The summed E-state index contributed by atoms with van der Waals surface area (Å²) < 4.78 is 3.91. The summed E-state index contributed by atoms with van der Waals surface area (Å²) in [6, 6.07) is 0. The van der Waals surface area contributed by atoms with Crippen molar-refractivity contribution in [3.05, 3.63) is 12.3 Å². The molecule has 33 valence electrons. The van der Waals surface area contributed by atoms with Gasteiger partial charge >= 0.3 is 0 Å². The molecule has 1 heterocycles. The van der Waals surface area contributed by atoms with Crippen molar-refractivity contribution in [1.82, 2.24) is 4.72 Å². The van der Waals surface area contributed by atoms with Gasteiger partial charge in [0.1, 0.15) is 0 Å². The Hall–Kier alpha value is -0.110. The topological polar surface area (TPSA) is 14.1 Å². The molecule has 0 N–H and O–H groups in total. The van der Waals surface area contributed by atoms with Crippen LogP contribution in [-0.4, -0.2) is 5.75 Å². The second kappa shape index (κ2) is 2.13. The van der Waals surface area contributed by atoms with Gasteiger partial charge in [0, 0.05) is 12.0 Å². The molecule has 0 spiro atoms. The highest BCUT2D eigenvalue weighted by molar-refractivity contribution is 7.97. The van der Waals surface area contributed by atoms with E-state index in [1.54, 1.807) is 11.9 Å². The molecule has 0 aromatic carbocycles. The van der Waals surface area contributed by atoms with E-state index in [1.165, 1.54) is 6.42 Å². The number of rotatable bonds is 0. The van der Waals surface area contributed by atoms with E-state index >= 15 is 0 Å². The zero-order valence-corrected chi connectivity index (χ0v) is 4.24. The predicted octanol–water partition coefficient (Wildman–Crippen LogP) is 1.16. The molecule has 0 aromatic heterocycles. The Balaban J connectivity index is 2.26. The summed E-state index contributed by atoms with van der Waals surface area (Å²) >= 11 is 1.63. The van der Waals surface area contributed by atoms with Gasteiger partial charge in [-0.05, 0) is 18.4 Å². The highest BCUT2D eigenvalue weighted by Gasteiger charge is 1.88. The normalized spacial score (nSPS) is 20.0. The lowest BCUT2D eigenvalue weighted by atomic mass is 10.5.